The van der Waals surface area contributed by atoms with Crippen LogP contribution in [0.15, 0.2) is 0 Å². The van der Waals surface area contributed by atoms with Crippen LogP contribution < -0.4 is 4.90 Å². The second-order valence-corrected chi connectivity index (χ2v) is 3.20. The van der Waals surface area contributed by atoms with Crippen molar-refractivity contribution in [1.29, 1.82) is 0 Å². The molecule has 0 aromatic heterocycles. The average Bonchev–Trinajstić information content (AvgIpc) is 1.90. The summed E-state index contributed by atoms with van der Waals surface area (Å²) in [5.74, 6) is 0. The van der Waals surface area contributed by atoms with E-state index in [2.05, 4.69) is 0 Å². The maximum atomic E-state index is 13.3. The Morgan fingerprint density at radius 3 is 1.67 bits per heavy atom. The van der Waals surface area contributed by atoms with Gasteiger partial charge in [0.25, 0.3) is 0 Å². The lowest BCUT2D eigenvalue weighted by molar-refractivity contribution is -1.14. The standard InChI is InChI=1S/C6H12FN2/c7-9-4-1-8(2-5-9)3-6-9/h1-6H2/q+1/p+1. The summed E-state index contributed by atoms with van der Waals surface area (Å²) >= 11 is 0. The number of hydrogen-bond acceptors (Lipinski definition) is 0. The van der Waals surface area contributed by atoms with Crippen LogP contribution in [-0.4, -0.2) is 44.0 Å². The van der Waals surface area contributed by atoms with Gasteiger partial charge in [-0.05, 0) is 4.48 Å². The van der Waals surface area contributed by atoms with E-state index in [0.29, 0.717) is 0 Å². The maximum Gasteiger partial charge on any atom is 0.164 e. The molecule has 3 heterocycles. The minimum Gasteiger partial charge on any atom is -0.321 e. The number of hydrogen-bond donors (Lipinski definition) is 1. The number of piperazine rings is 3. The van der Waals surface area contributed by atoms with Crippen molar-refractivity contribution in [3.05, 3.63) is 0 Å². The summed E-state index contributed by atoms with van der Waals surface area (Å²) in [4.78, 5) is 1.60. The van der Waals surface area contributed by atoms with Crippen molar-refractivity contribution in [1.82, 2.24) is 0 Å². The zero-order valence-electron chi connectivity index (χ0n) is 5.57. The SMILES string of the molecule is F[N+]12CC[NH+](CC1)CC2. The average molecular weight is 132 g/mol. The van der Waals surface area contributed by atoms with Crippen LogP contribution in [0.3, 0.4) is 0 Å². The van der Waals surface area contributed by atoms with Gasteiger partial charge in [0.2, 0.25) is 0 Å². The third-order valence-electron chi connectivity index (χ3n) is 2.60. The van der Waals surface area contributed by atoms with Crippen LogP contribution in [0.2, 0.25) is 0 Å². The van der Waals surface area contributed by atoms with Gasteiger partial charge in [-0.15, -0.1) is 4.71 Å². The van der Waals surface area contributed by atoms with Crippen LogP contribution in [0.4, 0.5) is 4.48 Å². The molecule has 3 aliphatic heterocycles. The lowest BCUT2D eigenvalue weighted by Crippen LogP contribution is -3.18. The number of rotatable bonds is 0. The molecule has 9 heavy (non-hydrogen) atoms. The fraction of sp³-hybridized carbons (Fsp3) is 1.00. The van der Waals surface area contributed by atoms with Crippen LogP contribution in [0.5, 0.6) is 0 Å². The minimum absolute atomic E-state index is 0.135. The van der Waals surface area contributed by atoms with Crippen LogP contribution in [-0.2, 0) is 0 Å². The van der Waals surface area contributed by atoms with Gasteiger partial charge in [-0.1, -0.05) is 0 Å². The van der Waals surface area contributed by atoms with Gasteiger partial charge in [-0.3, -0.25) is 0 Å². The molecule has 0 saturated carbocycles. The molecule has 3 fully saturated rings. The number of quaternary nitrogens is 2. The molecular weight excluding hydrogens is 119 g/mol. The van der Waals surface area contributed by atoms with Crippen molar-refractivity contribution < 1.29 is 14.1 Å². The Kier molecular flexibility index (Phi) is 1.04. The second kappa shape index (κ2) is 1.67. The molecule has 1 N–H and O–H groups in total. The molecule has 0 aromatic carbocycles. The summed E-state index contributed by atoms with van der Waals surface area (Å²) in [5.41, 5.74) is 0. The van der Waals surface area contributed by atoms with Crippen LogP contribution in [0.25, 0.3) is 0 Å². The molecule has 52 valence electrons. The molecule has 0 spiro atoms. The van der Waals surface area contributed by atoms with E-state index >= 15 is 0 Å². The summed E-state index contributed by atoms with van der Waals surface area (Å²) in [7, 11) is 0. The lowest BCUT2D eigenvalue weighted by atomic mass is 10.2. The van der Waals surface area contributed by atoms with E-state index in [1.165, 1.54) is 0 Å². The quantitative estimate of drug-likeness (QED) is 0.387. The molecule has 0 aromatic rings. The zero-order chi connectivity index (χ0) is 6.32. The van der Waals surface area contributed by atoms with E-state index in [9.17, 15) is 4.48 Å². The van der Waals surface area contributed by atoms with Gasteiger partial charge in [0.05, 0.1) is 0 Å². The normalized spacial score (nSPS) is 49.7. The third kappa shape index (κ3) is 0.843. The van der Waals surface area contributed by atoms with E-state index < -0.39 is 0 Å². The number of halogens is 1. The van der Waals surface area contributed by atoms with Gasteiger partial charge in [0, 0.05) is 0 Å². The van der Waals surface area contributed by atoms with E-state index in [1.54, 1.807) is 4.90 Å². The van der Waals surface area contributed by atoms with E-state index in [0.717, 1.165) is 39.3 Å². The Labute approximate surface area is 54.4 Å². The summed E-state index contributed by atoms with van der Waals surface area (Å²) in [6.07, 6.45) is 0. The predicted octanol–water partition coefficient (Wildman–Crippen LogP) is -1.40. The molecule has 0 atom stereocenters. The Morgan fingerprint density at radius 2 is 1.44 bits per heavy atom. The van der Waals surface area contributed by atoms with Gasteiger partial charge in [-0.25, -0.2) is 0 Å². The van der Waals surface area contributed by atoms with Crippen molar-refractivity contribution in [2.24, 2.45) is 0 Å². The molecule has 3 aliphatic rings. The molecule has 3 saturated heterocycles. The Bertz CT molecular complexity index is 104. The first-order chi connectivity index (χ1) is 4.29. The molecule has 0 aliphatic carbocycles. The topological polar surface area (TPSA) is 4.44 Å². The van der Waals surface area contributed by atoms with E-state index in [-0.39, 0.29) is 4.71 Å². The zero-order valence-corrected chi connectivity index (χ0v) is 5.57. The van der Waals surface area contributed by atoms with Crippen molar-refractivity contribution in [3.63, 3.8) is 0 Å². The van der Waals surface area contributed by atoms with Crippen LogP contribution in [0.1, 0.15) is 0 Å². The summed E-state index contributed by atoms with van der Waals surface area (Å²) in [6.45, 7) is 5.43. The number of nitrogens with zero attached hydrogens (tertiary/aromatic N) is 1. The van der Waals surface area contributed by atoms with Crippen molar-refractivity contribution in [3.8, 4) is 0 Å². The fourth-order valence-electron chi connectivity index (χ4n) is 1.79. The first-order valence-corrected chi connectivity index (χ1v) is 3.68. The van der Waals surface area contributed by atoms with Crippen molar-refractivity contribution in [2.45, 2.75) is 0 Å². The third-order valence-corrected chi connectivity index (χ3v) is 2.60. The number of fused-ring (bicyclic) bond motifs is 3. The fourth-order valence-corrected chi connectivity index (χ4v) is 1.79. The molecule has 2 bridgehead atoms. The van der Waals surface area contributed by atoms with Crippen LogP contribution in [0, 0.1) is 0 Å². The Hall–Kier alpha value is -0.150. The van der Waals surface area contributed by atoms with E-state index in [1.807, 2.05) is 0 Å². The highest BCUT2D eigenvalue weighted by Crippen LogP contribution is 2.09. The van der Waals surface area contributed by atoms with Gasteiger partial charge < -0.3 is 4.90 Å². The molecular formula is C6H13FN2+2. The largest absolute Gasteiger partial charge is 0.321 e. The summed E-state index contributed by atoms with van der Waals surface area (Å²) in [5, 5.41) is 0. The van der Waals surface area contributed by atoms with Gasteiger partial charge in [-0.2, -0.15) is 0 Å². The monoisotopic (exact) mass is 132 g/mol. The molecule has 0 amide bonds. The summed E-state index contributed by atoms with van der Waals surface area (Å²) in [6, 6.07) is 0. The first kappa shape index (κ1) is 5.62. The van der Waals surface area contributed by atoms with Gasteiger partial charge in [0.1, 0.15) is 19.6 Å². The molecule has 3 rings (SSSR count). The van der Waals surface area contributed by atoms with Crippen molar-refractivity contribution in [2.75, 3.05) is 39.3 Å². The second-order valence-electron chi connectivity index (χ2n) is 3.20. The van der Waals surface area contributed by atoms with Gasteiger partial charge in [0.15, 0.2) is 19.6 Å². The molecule has 0 unspecified atom stereocenters. The molecule has 0 radical (unpaired) electrons. The van der Waals surface area contributed by atoms with Crippen molar-refractivity contribution >= 4 is 0 Å². The minimum atomic E-state index is -0.135. The predicted molar refractivity (Wildman–Crippen MR) is 31.5 cm³/mol. The Balaban J connectivity index is 2.11. The maximum absolute atomic E-state index is 13.3. The number of nitrogens with one attached hydrogen (secondary N) is 1. The lowest BCUT2D eigenvalue weighted by Gasteiger charge is -2.39. The summed E-state index contributed by atoms with van der Waals surface area (Å²) < 4.78 is 13.1. The smallest absolute Gasteiger partial charge is 0.164 e. The van der Waals surface area contributed by atoms with Gasteiger partial charge >= 0.3 is 0 Å². The Morgan fingerprint density at radius 1 is 1.00 bits per heavy atom. The van der Waals surface area contributed by atoms with E-state index in [4.69, 9.17) is 0 Å². The highest BCUT2D eigenvalue weighted by molar-refractivity contribution is 4.48. The molecule has 2 nitrogen and oxygen atoms in total. The first-order valence-electron chi connectivity index (χ1n) is 3.68. The highest BCUT2D eigenvalue weighted by atomic mass is 19.2. The highest BCUT2D eigenvalue weighted by Gasteiger charge is 2.42. The van der Waals surface area contributed by atoms with Crippen LogP contribution >= 0.6 is 0 Å². The molecule has 3 heteroatoms.